The Labute approximate surface area is 140 Å². The third kappa shape index (κ3) is 2.76. The minimum absolute atomic E-state index is 0.113. The van der Waals surface area contributed by atoms with Crippen molar-refractivity contribution in [3.05, 3.63) is 64.3 Å². The Hall–Kier alpha value is -2.40. The molecule has 0 radical (unpaired) electrons. The van der Waals surface area contributed by atoms with Crippen LogP contribution in [0.4, 0.5) is 0 Å². The molecule has 0 aliphatic carbocycles. The molecule has 2 aromatic heterocycles. The fourth-order valence-electron chi connectivity index (χ4n) is 3.81. The van der Waals surface area contributed by atoms with Gasteiger partial charge in [-0.15, -0.1) is 0 Å². The molecule has 3 aromatic rings. The van der Waals surface area contributed by atoms with Gasteiger partial charge in [-0.2, -0.15) is 0 Å². The lowest BCUT2D eigenvalue weighted by Crippen LogP contribution is -2.27. The van der Waals surface area contributed by atoms with Gasteiger partial charge in [-0.1, -0.05) is 37.3 Å². The molecule has 5 heteroatoms. The van der Waals surface area contributed by atoms with Crippen LogP contribution in [0.25, 0.3) is 11.0 Å². The lowest BCUT2D eigenvalue weighted by molar-refractivity contribution is 0.450. The molecule has 5 nitrogen and oxygen atoms in total. The van der Waals surface area contributed by atoms with Gasteiger partial charge < -0.3 is 15.3 Å². The molecule has 0 amide bonds. The molecule has 0 saturated carbocycles. The molecule has 3 heterocycles. The third-order valence-electron chi connectivity index (χ3n) is 5.17. The zero-order valence-electron chi connectivity index (χ0n) is 13.8. The van der Waals surface area contributed by atoms with Crippen LogP contribution in [-0.2, 0) is 6.42 Å². The van der Waals surface area contributed by atoms with Gasteiger partial charge in [0, 0.05) is 23.8 Å². The standard InChI is InChI=1S/C19H22N4O/c1-12-9-16(14-10-20-18-17(14)21-11-22-19(18)24)23-15(12)8-7-13-5-3-2-4-6-13/h2-6,10-12,15-16,20,23H,7-9H2,1H3,(H,21,22,24)/t12?,15-,16-/m1/s1. The quantitative estimate of drug-likeness (QED) is 0.691. The SMILES string of the molecule is CC1C[C@H](c2c[nH]c3c(=O)[nH]cnc23)N[C@@H]1CCc1ccccc1. The van der Waals surface area contributed by atoms with Crippen LogP contribution < -0.4 is 10.9 Å². The van der Waals surface area contributed by atoms with Crippen LogP contribution in [0.3, 0.4) is 0 Å². The molecule has 3 N–H and O–H groups in total. The number of hydrogen-bond acceptors (Lipinski definition) is 3. The first-order chi connectivity index (χ1) is 11.7. The van der Waals surface area contributed by atoms with Crippen LogP contribution in [0.2, 0.25) is 0 Å². The predicted molar refractivity (Wildman–Crippen MR) is 94.9 cm³/mol. The van der Waals surface area contributed by atoms with Gasteiger partial charge in [-0.05, 0) is 30.7 Å². The molecule has 0 spiro atoms. The van der Waals surface area contributed by atoms with Crippen LogP contribution in [0.1, 0.15) is 36.9 Å². The number of H-pyrrole nitrogens is 2. The number of rotatable bonds is 4. The summed E-state index contributed by atoms with van der Waals surface area (Å²) in [5.41, 5.74) is 3.72. The maximum Gasteiger partial charge on any atom is 0.275 e. The van der Waals surface area contributed by atoms with Crippen molar-refractivity contribution < 1.29 is 0 Å². The number of aromatic amines is 2. The average Bonchev–Trinajstić information content (AvgIpc) is 3.18. The summed E-state index contributed by atoms with van der Waals surface area (Å²) < 4.78 is 0. The second kappa shape index (κ2) is 6.24. The highest BCUT2D eigenvalue weighted by molar-refractivity contribution is 5.78. The molecule has 1 saturated heterocycles. The highest BCUT2D eigenvalue weighted by Gasteiger charge is 2.32. The van der Waals surface area contributed by atoms with E-state index in [1.807, 2.05) is 6.20 Å². The topological polar surface area (TPSA) is 73.6 Å². The molecule has 124 valence electrons. The first kappa shape index (κ1) is 15.1. The van der Waals surface area contributed by atoms with Crippen LogP contribution in [-0.4, -0.2) is 21.0 Å². The number of fused-ring (bicyclic) bond motifs is 1. The van der Waals surface area contributed by atoms with Gasteiger partial charge >= 0.3 is 0 Å². The maximum atomic E-state index is 11.8. The van der Waals surface area contributed by atoms with Crippen LogP contribution in [0, 0.1) is 5.92 Å². The van der Waals surface area contributed by atoms with E-state index in [0.29, 0.717) is 17.5 Å². The number of hydrogen-bond donors (Lipinski definition) is 3. The Bertz CT molecular complexity index is 883. The molecule has 1 aliphatic heterocycles. The monoisotopic (exact) mass is 322 g/mol. The van der Waals surface area contributed by atoms with Gasteiger partial charge in [0.2, 0.25) is 0 Å². The maximum absolute atomic E-state index is 11.8. The highest BCUT2D eigenvalue weighted by atomic mass is 16.1. The first-order valence-corrected chi connectivity index (χ1v) is 8.57. The van der Waals surface area contributed by atoms with Gasteiger partial charge in [0.25, 0.3) is 5.56 Å². The molecule has 0 bridgehead atoms. The lowest BCUT2D eigenvalue weighted by atomic mass is 9.95. The summed E-state index contributed by atoms with van der Waals surface area (Å²) in [6, 6.07) is 11.4. The van der Waals surface area contributed by atoms with E-state index in [1.54, 1.807) is 0 Å². The van der Waals surface area contributed by atoms with Crippen LogP contribution in [0.5, 0.6) is 0 Å². The molecule has 3 atom stereocenters. The summed E-state index contributed by atoms with van der Waals surface area (Å²) in [5.74, 6) is 0.602. The minimum Gasteiger partial charge on any atom is -0.355 e. The smallest absolute Gasteiger partial charge is 0.275 e. The number of nitrogens with zero attached hydrogens (tertiary/aromatic N) is 1. The second-order valence-electron chi connectivity index (χ2n) is 6.76. The molecule has 1 aliphatic rings. The van der Waals surface area contributed by atoms with Crippen molar-refractivity contribution in [2.75, 3.05) is 0 Å². The fraction of sp³-hybridized carbons (Fsp3) is 0.368. The van der Waals surface area contributed by atoms with E-state index >= 15 is 0 Å². The largest absolute Gasteiger partial charge is 0.355 e. The van der Waals surface area contributed by atoms with E-state index in [0.717, 1.165) is 30.3 Å². The summed E-state index contributed by atoms with van der Waals surface area (Å²) in [7, 11) is 0. The van der Waals surface area contributed by atoms with Gasteiger partial charge in [0.15, 0.2) is 0 Å². The van der Waals surface area contributed by atoms with Gasteiger partial charge in [0.1, 0.15) is 11.0 Å². The molecular formula is C19H22N4O. The first-order valence-electron chi connectivity index (χ1n) is 8.57. The van der Waals surface area contributed by atoms with Crippen molar-refractivity contribution in [2.45, 2.75) is 38.3 Å². The zero-order chi connectivity index (χ0) is 16.5. The summed E-state index contributed by atoms with van der Waals surface area (Å²) in [5, 5.41) is 3.75. The molecule has 24 heavy (non-hydrogen) atoms. The van der Waals surface area contributed by atoms with Crippen molar-refractivity contribution in [2.24, 2.45) is 5.92 Å². The molecule has 1 aromatic carbocycles. The molecule has 4 rings (SSSR count). The second-order valence-corrected chi connectivity index (χ2v) is 6.76. The molecule has 1 fully saturated rings. The van der Waals surface area contributed by atoms with Gasteiger partial charge in [-0.3, -0.25) is 4.79 Å². The van der Waals surface area contributed by atoms with E-state index in [9.17, 15) is 4.79 Å². The summed E-state index contributed by atoms with van der Waals surface area (Å²) in [6.07, 6.45) is 6.68. The number of aromatic nitrogens is 3. The Balaban J connectivity index is 1.50. The van der Waals surface area contributed by atoms with Crippen molar-refractivity contribution in [3.63, 3.8) is 0 Å². The number of aryl methyl sites for hydroxylation is 1. The van der Waals surface area contributed by atoms with Gasteiger partial charge in [0.05, 0.1) is 6.33 Å². The van der Waals surface area contributed by atoms with E-state index in [2.05, 4.69) is 57.5 Å². The van der Waals surface area contributed by atoms with Crippen molar-refractivity contribution >= 4 is 11.0 Å². The summed E-state index contributed by atoms with van der Waals surface area (Å²) >= 11 is 0. The minimum atomic E-state index is -0.113. The summed E-state index contributed by atoms with van der Waals surface area (Å²) in [6.45, 7) is 2.30. The zero-order valence-corrected chi connectivity index (χ0v) is 13.8. The molecular weight excluding hydrogens is 300 g/mol. The van der Waals surface area contributed by atoms with E-state index in [4.69, 9.17) is 0 Å². The van der Waals surface area contributed by atoms with E-state index in [1.165, 1.54) is 11.9 Å². The molecule has 1 unspecified atom stereocenters. The Morgan fingerprint density at radius 3 is 2.88 bits per heavy atom. The van der Waals surface area contributed by atoms with Gasteiger partial charge in [-0.25, -0.2) is 4.98 Å². The van der Waals surface area contributed by atoms with Crippen LogP contribution >= 0.6 is 0 Å². The Kier molecular flexibility index (Phi) is 3.94. The number of benzene rings is 1. The Morgan fingerprint density at radius 2 is 2.04 bits per heavy atom. The normalized spacial score (nSPS) is 23.8. The van der Waals surface area contributed by atoms with E-state index < -0.39 is 0 Å². The lowest BCUT2D eigenvalue weighted by Gasteiger charge is -2.16. The van der Waals surface area contributed by atoms with Crippen LogP contribution in [0.15, 0.2) is 47.7 Å². The fourth-order valence-corrected chi connectivity index (χ4v) is 3.81. The van der Waals surface area contributed by atoms with Crippen molar-refractivity contribution in [1.82, 2.24) is 20.3 Å². The Morgan fingerprint density at radius 1 is 1.21 bits per heavy atom. The number of nitrogens with one attached hydrogen (secondary N) is 3. The highest BCUT2D eigenvalue weighted by Crippen LogP contribution is 2.34. The van der Waals surface area contributed by atoms with E-state index in [-0.39, 0.29) is 11.6 Å². The van der Waals surface area contributed by atoms with Crippen molar-refractivity contribution in [3.8, 4) is 0 Å². The summed E-state index contributed by atoms with van der Waals surface area (Å²) in [4.78, 5) is 21.9. The average molecular weight is 322 g/mol. The third-order valence-corrected chi connectivity index (χ3v) is 5.17. The van der Waals surface area contributed by atoms with Crippen molar-refractivity contribution in [1.29, 1.82) is 0 Å². The predicted octanol–water partition coefficient (Wildman–Crippen LogP) is 2.92.